The lowest BCUT2D eigenvalue weighted by Gasteiger charge is -2.09. The first-order valence-corrected chi connectivity index (χ1v) is 10.9. The molecule has 5 N–H and O–H groups in total. The van der Waals surface area contributed by atoms with Crippen LogP contribution < -0.4 is 16.5 Å². The molecule has 0 aliphatic rings. The van der Waals surface area contributed by atoms with E-state index in [1.54, 1.807) is 12.4 Å². The van der Waals surface area contributed by atoms with Crippen molar-refractivity contribution in [2.75, 3.05) is 18.9 Å². The number of hydrogen-bond acceptors (Lipinski definition) is 9. The number of hydrazine groups is 1. The Balaban J connectivity index is 0. The average Bonchev–Trinajstić information content (AvgIpc) is 3.36. The lowest BCUT2D eigenvalue weighted by molar-refractivity contribution is -0.166. The Hall–Kier alpha value is -3.21. The van der Waals surface area contributed by atoms with Crippen molar-refractivity contribution in [1.29, 1.82) is 0 Å². The van der Waals surface area contributed by atoms with Gasteiger partial charge in [0.05, 0.1) is 5.56 Å². The summed E-state index contributed by atoms with van der Waals surface area (Å²) in [5, 5.41) is 15.2. The summed E-state index contributed by atoms with van der Waals surface area (Å²) in [7, 11) is 1.80. The van der Waals surface area contributed by atoms with Gasteiger partial charge < -0.3 is 14.8 Å². The summed E-state index contributed by atoms with van der Waals surface area (Å²) in [4.78, 5) is 33.5. The Bertz CT molecular complexity index is 894. The molecule has 16 heteroatoms. The number of nitrogens with zero attached hydrogens (tertiary/aromatic N) is 2. The number of aromatic nitrogens is 1. The zero-order chi connectivity index (χ0) is 28.3. The molecule has 1 heterocycles. The maximum Gasteiger partial charge on any atom is 0.413 e. The second-order valence-corrected chi connectivity index (χ2v) is 7.13. The maximum atomic E-state index is 13.3. The molecule has 2 rings (SSSR count). The van der Waals surface area contributed by atoms with E-state index in [2.05, 4.69) is 34.2 Å². The van der Waals surface area contributed by atoms with Crippen molar-refractivity contribution in [3.63, 3.8) is 0 Å². The molecule has 0 fully saturated rings. The Kier molecular flexibility index (Phi) is 19.4. The van der Waals surface area contributed by atoms with E-state index in [1.165, 1.54) is 12.6 Å². The Labute approximate surface area is 208 Å². The van der Waals surface area contributed by atoms with Crippen LogP contribution >= 0.6 is 11.3 Å². The van der Waals surface area contributed by atoms with Crippen LogP contribution in [-0.4, -0.2) is 47.7 Å². The van der Waals surface area contributed by atoms with E-state index in [4.69, 9.17) is 15.8 Å². The molecule has 1 aromatic heterocycles. The molecule has 0 spiro atoms. The minimum atomic E-state index is -2.28. The number of amides is 2. The van der Waals surface area contributed by atoms with Crippen LogP contribution in [0.4, 0.5) is 31.9 Å². The van der Waals surface area contributed by atoms with Crippen molar-refractivity contribution in [2.24, 2.45) is 5.84 Å². The largest absolute Gasteiger partial charge is 0.444 e. The minimum absolute atomic E-state index is 0.121. The molecule has 10 nitrogen and oxygen atoms in total. The maximum absolute atomic E-state index is 13.3. The van der Waals surface area contributed by atoms with Gasteiger partial charge in [-0.05, 0) is 20.0 Å². The molecule has 2 aromatic rings. The van der Waals surface area contributed by atoms with Crippen LogP contribution in [0.3, 0.4) is 0 Å². The Morgan fingerprint density at radius 2 is 1.61 bits per heavy atom. The fraction of sp³-hybridized carbons (Fsp3) is 0.400. The summed E-state index contributed by atoms with van der Waals surface area (Å²) in [6.07, 6.45) is 2.44. The van der Waals surface area contributed by atoms with Crippen LogP contribution in [0.2, 0.25) is 0 Å². The highest BCUT2D eigenvalue weighted by Crippen LogP contribution is 2.23. The molecule has 204 valence electrons. The van der Waals surface area contributed by atoms with Gasteiger partial charge in [0.1, 0.15) is 13.4 Å². The van der Waals surface area contributed by atoms with E-state index in [9.17, 15) is 31.5 Å². The van der Waals surface area contributed by atoms with Crippen LogP contribution in [0, 0.1) is 29.1 Å². The number of rotatable bonds is 7. The van der Waals surface area contributed by atoms with Crippen LogP contribution in [0.15, 0.2) is 11.6 Å². The topological polar surface area (TPSA) is 147 Å². The Morgan fingerprint density at radius 1 is 1.11 bits per heavy atom. The third-order valence-electron chi connectivity index (χ3n) is 3.36. The molecular weight excluding hydrogens is 517 g/mol. The van der Waals surface area contributed by atoms with Crippen LogP contribution in [-0.2, 0) is 20.9 Å². The molecule has 36 heavy (non-hydrogen) atoms. The van der Waals surface area contributed by atoms with Gasteiger partial charge >= 0.3 is 6.09 Å². The van der Waals surface area contributed by atoms with Crippen molar-refractivity contribution in [3.8, 4) is 0 Å². The van der Waals surface area contributed by atoms with Gasteiger partial charge in [0.2, 0.25) is 5.82 Å². The summed E-state index contributed by atoms with van der Waals surface area (Å²) in [5.41, 5.74) is -1.24. The van der Waals surface area contributed by atoms with E-state index < -0.39 is 53.3 Å². The monoisotopic (exact) mass is 545 g/mol. The quantitative estimate of drug-likeness (QED) is 0.0599. The van der Waals surface area contributed by atoms with Gasteiger partial charge in [0.25, 0.3) is 5.91 Å². The molecule has 0 aliphatic heterocycles. The van der Waals surface area contributed by atoms with Gasteiger partial charge in [-0.1, -0.05) is 20.3 Å². The third-order valence-corrected chi connectivity index (χ3v) is 4.05. The summed E-state index contributed by atoms with van der Waals surface area (Å²) < 4.78 is 69.6. The summed E-state index contributed by atoms with van der Waals surface area (Å²) in [6, 6.07) is 0. The number of halogens is 5. The van der Waals surface area contributed by atoms with Crippen LogP contribution in [0.1, 0.15) is 38.7 Å². The van der Waals surface area contributed by atoms with Crippen LogP contribution in [0.5, 0.6) is 0 Å². The molecule has 0 bridgehead atoms. The lowest BCUT2D eigenvalue weighted by atomic mass is 10.2. The summed E-state index contributed by atoms with van der Waals surface area (Å²) in [5.74, 6) is -6.31. The fourth-order valence-corrected chi connectivity index (χ4v) is 2.37. The molecule has 0 unspecified atom stereocenters. The van der Waals surface area contributed by atoms with Crippen molar-refractivity contribution in [1.82, 2.24) is 15.5 Å². The second-order valence-electron chi connectivity index (χ2n) is 6.24. The molecule has 0 radical (unpaired) electrons. The number of nitrogens with one attached hydrogen (secondary N) is 2. The highest BCUT2D eigenvalue weighted by atomic mass is 32.1. The standard InChI is InChI=1S/C11H5F5N2O2S.C5H13N3O2.C3H8.CH2O/c12-5-4(6(13)8(15)9(16)7(5)14)3-20-11(19)18-10-17-1-2-21-10;1-7-4-2-3-5(9)8(6)10;1-3-2;1-2/h1-2H,3H2,(H,17,18,19);7,10H,2-4,6H2,1H3;3H2,1-2H3;1H2. The molecule has 1 aromatic carbocycles. The number of anilines is 1. The van der Waals surface area contributed by atoms with Crippen molar-refractivity contribution < 1.29 is 46.3 Å². The highest BCUT2D eigenvalue weighted by molar-refractivity contribution is 7.13. The molecule has 0 atom stereocenters. The second kappa shape index (κ2) is 20.0. The zero-order valence-electron chi connectivity index (χ0n) is 19.7. The lowest BCUT2D eigenvalue weighted by Crippen LogP contribution is -2.34. The normalized spacial score (nSPS) is 9.39. The summed E-state index contributed by atoms with van der Waals surface area (Å²) in [6.45, 7) is 5.88. The SMILES string of the molecule is C=O.CCC.CNCCCC(=O)N(N)O.O=C(Nc1nccs1)OCc1c(F)c(F)c(F)c(F)c1F. The zero-order valence-corrected chi connectivity index (χ0v) is 20.6. The molecular formula is C20H28F5N5O5S. The van der Waals surface area contributed by atoms with E-state index in [0.29, 0.717) is 6.42 Å². The van der Waals surface area contributed by atoms with Gasteiger partial charge in [0, 0.05) is 18.0 Å². The Morgan fingerprint density at radius 3 is 2.03 bits per heavy atom. The predicted molar refractivity (Wildman–Crippen MR) is 121 cm³/mol. The van der Waals surface area contributed by atoms with E-state index in [1.807, 2.05) is 6.79 Å². The third kappa shape index (κ3) is 13.0. The van der Waals surface area contributed by atoms with E-state index >= 15 is 0 Å². The molecule has 0 saturated carbocycles. The van der Waals surface area contributed by atoms with Crippen molar-refractivity contribution in [2.45, 2.75) is 39.7 Å². The van der Waals surface area contributed by atoms with Crippen molar-refractivity contribution >= 4 is 35.3 Å². The smallest absolute Gasteiger partial charge is 0.413 e. The van der Waals surface area contributed by atoms with Gasteiger partial charge in [-0.2, -0.15) is 5.17 Å². The number of hydrogen-bond donors (Lipinski definition) is 4. The first kappa shape index (κ1) is 35.0. The molecule has 2 amide bonds. The van der Waals surface area contributed by atoms with Gasteiger partial charge in [0.15, 0.2) is 28.4 Å². The number of benzene rings is 1. The number of carbonyl (C=O) groups is 3. The molecule has 0 saturated heterocycles. The number of hydroxylamine groups is 1. The number of thiazole rings is 1. The van der Waals surface area contributed by atoms with Crippen LogP contribution in [0.25, 0.3) is 0 Å². The van der Waals surface area contributed by atoms with E-state index in [0.717, 1.165) is 17.9 Å². The average molecular weight is 546 g/mol. The first-order valence-electron chi connectivity index (χ1n) is 10.0. The van der Waals surface area contributed by atoms with E-state index in [-0.39, 0.29) is 16.7 Å². The first-order chi connectivity index (χ1) is 17.0. The summed E-state index contributed by atoms with van der Waals surface area (Å²) >= 11 is 1.05. The van der Waals surface area contributed by atoms with Gasteiger partial charge in [-0.15, -0.1) is 11.3 Å². The highest BCUT2D eigenvalue weighted by Gasteiger charge is 2.26. The molecule has 0 aliphatic carbocycles. The predicted octanol–water partition coefficient (Wildman–Crippen LogP) is 3.90. The number of carbonyl (C=O) groups excluding carboxylic acids is 3. The number of ether oxygens (including phenoxy) is 1. The van der Waals surface area contributed by atoms with Gasteiger partial charge in [-0.25, -0.2) is 37.6 Å². The number of nitrogens with two attached hydrogens (primary N) is 1. The fourth-order valence-electron chi connectivity index (χ4n) is 1.85. The minimum Gasteiger partial charge on any atom is -0.444 e. The van der Waals surface area contributed by atoms with Gasteiger partial charge in [-0.3, -0.25) is 15.3 Å². The van der Waals surface area contributed by atoms with Crippen molar-refractivity contribution in [3.05, 3.63) is 46.2 Å².